The molecule has 1 aromatic heterocycles. The molecule has 5 nitrogen and oxygen atoms in total. The molecular formula is C15H16F4N4O. The second kappa shape index (κ2) is 7.00. The van der Waals surface area contributed by atoms with E-state index in [4.69, 9.17) is 5.11 Å². The number of hydrogen-bond acceptors (Lipinski definition) is 5. The van der Waals surface area contributed by atoms with Crippen molar-refractivity contribution >= 4 is 17.5 Å². The Labute approximate surface area is 135 Å². The van der Waals surface area contributed by atoms with Crippen LogP contribution in [0.4, 0.5) is 35.0 Å². The molecule has 0 amide bonds. The van der Waals surface area contributed by atoms with E-state index in [1.807, 2.05) is 0 Å². The summed E-state index contributed by atoms with van der Waals surface area (Å²) in [6, 6.07) is 4.38. The minimum absolute atomic E-state index is 0.145. The molecule has 3 N–H and O–H groups in total. The van der Waals surface area contributed by atoms with Crippen molar-refractivity contribution in [3.8, 4) is 0 Å². The predicted molar refractivity (Wildman–Crippen MR) is 81.6 cm³/mol. The van der Waals surface area contributed by atoms with Crippen molar-refractivity contribution in [2.24, 2.45) is 0 Å². The van der Waals surface area contributed by atoms with Crippen molar-refractivity contribution in [1.82, 2.24) is 9.97 Å². The Morgan fingerprint density at radius 3 is 2.50 bits per heavy atom. The number of alkyl halides is 3. The van der Waals surface area contributed by atoms with Gasteiger partial charge in [-0.15, -0.1) is 0 Å². The monoisotopic (exact) mass is 344 g/mol. The van der Waals surface area contributed by atoms with Crippen LogP contribution in [0, 0.1) is 12.7 Å². The van der Waals surface area contributed by atoms with Crippen LogP contribution in [-0.4, -0.2) is 27.7 Å². The first-order valence-electron chi connectivity index (χ1n) is 7.06. The summed E-state index contributed by atoms with van der Waals surface area (Å²) in [4.78, 5) is 7.31. The van der Waals surface area contributed by atoms with E-state index in [1.165, 1.54) is 12.1 Å². The molecule has 0 bridgehead atoms. The predicted octanol–water partition coefficient (Wildman–Crippen LogP) is 3.48. The second-order valence-electron chi connectivity index (χ2n) is 5.28. The zero-order chi connectivity index (χ0) is 17.9. The fraction of sp³-hybridized carbons (Fsp3) is 0.333. The Bertz CT molecular complexity index is 721. The normalized spacial score (nSPS) is 12.8. The minimum atomic E-state index is -4.67. The molecule has 0 saturated heterocycles. The molecule has 0 spiro atoms. The quantitative estimate of drug-likeness (QED) is 0.725. The lowest BCUT2D eigenvalue weighted by Crippen LogP contribution is -2.22. The van der Waals surface area contributed by atoms with Gasteiger partial charge in [-0.2, -0.15) is 18.2 Å². The largest absolute Gasteiger partial charge is 0.433 e. The maximum Gasteiger partial charge on any atom is 0.433 e. The van der Waals surface area contributed by atoms with Gasteiger partial charge in [0.05, 0.1) is 6.61 Å². The van der Waals surface area contributed by atoms with Crippen LogP contribution in [0.3, 0.4) is 0 Å². The Morgan fingerprint density at radius 1 is 1.21 bits per heavy atom. The van der Waals surface area contributed by atoms with Crippen LogP contribution in [-0.2, 0) is 6.18 Å². The van der Waals surface area contributed by atoms with Crippen LogP contribution in [0.25, 0.3) is 0 Å². The smallest absolute Gasteiger partial charge is 0.394 e. The van der Waals surface area contributed by atoms with Gasteiger partial charge in [-0.25, -0.2) is 9.37 Å². The SMILES string of the molecule is Cc1ccc(Nc2cc(C(F)(F)F)nc(N[C@H](C)CO)n2)cc1F. The molecule has 0 aliphatic carbocycles. The number of nitrogens with zero attached hydrogens (tertiary/aromatic N) is 2. The van der Waals surface area contributed by atoms with Gasteiger partial charge in [0.2, 0.25) is 5.95 Å². The van der Waals surface area contributed by atoms with E-state index in [1.54, 1.807) is 13.8 Å². The number of rotatable bonds is 5. The van der Waals surface area contributed by atoms with Gasteiger partial charge < -0.3 is 15.7 Å². The van der Waals surface area contributed by atoms with Crippen molar-refractivity contribution in [3.05, 3.63) is 41.3 Å². The van der Waals surface area contributed by atoms with Gasteiger partial charge in [0.15, 0.2) is 5.69 Å². The van der Waals surface area contributed by atoms with Gasteiger partial charge in [-0.1, -0.05) is 6.07 Å². The molecular weight excluding hydrogens is 328 g/mol. The highest BCUT2D eigenvalue weighted by Gasteiger charge is 2.34. The molecule has 0 fully saturated rings. The van der Waals surface area contributed by atoms with E-state index in [9.17, 15) is 17.6 Å². The lowest BCUT2D eigenvalue weighted by atomic mass is 10.2. The van der Waals surface area contributed by atoms with E-state index in [-0.39, 0.29) is 24.1 Å². The van der Waals surface area contributed by atoms with Crippen LogP contribution >= 0.6 is 0 Å². The van der Waals surface area contributed by atoms with Gasteiger partial charge >= 0.3 is 6.18 Å². The molecule has 2 aromatic rings. The summed E-state index contributed by atoms with van der Waals surface area (Å²) < 4.78 is 52.5. The Balaban J connectivity index is 2.36. The average Bonchev–Trinajstić information content (AvgIpc) is 2.49. The van der Waals surface area contributed by atoms with Crippen molar-refractivity contribution < 1.29 is 22.7 Å². The minimum Gasteiger partial charge on any atom is -0.394 e. The first kappa shape index (κ1) is 17.9. The number of hydrogen-bond donors (Lipinski definition) is 3. The summed E-state index contributed by atoms with van der Waals surface area (Å²) in [5, 5.41) is 14.2. The van der Waals surface area contributed by atoms with Crippen molar-refractivity contribution in [2.45, 2.75) is 26.1 Å². The van der Waals surface area contributed by atoms with E-state index in [2.05, 4.69) is 20.6 Å². The summed E-state index contributed by atoms with van der Waals surface area (Å²) in [7, 11) is 0. The van der Waals surface area contributed by atoms with Crippen molar-refractivity contribution in [1.29, 1.82) is 0 Å². The van der Waals surface area contributed by atoms with Crippen LogP contribution in [0.1, 0.15) is 18.2 Å². The maximum atomic E-state index is 13.6. The number of nitrogens with one attached hydrogen (secondary N) is 2. The molecule has 0 unspecified atom stereocenters. The van der Waals surface area contributed by atoms with Gasteiger partial charge in [-0.3, -0.25) is 0 Å². The number of aryl methyl sites for hydroxylation is 1. The van der Waals surface area contributed by atoms with Gasteiger partial charge in [0, 0.05) is 17.8 Å². The molecule has 2 rings (SSSR count). The molecule has 0 saturated carbocycles. The van der Waals surface area contributed by atoms with Crippen LogP contribution < -0.4 is 10.6 Å². The number of anilines is 3. The van der Waals surface area contributed by atoms with Crippen molar-refractivity contribution in [2.75, 3.05) is 17.2 Å². The van der Waals surface area contributed by atoms with E-state index < -0.39 is 23.7 Å². The van der Waals surface area contributed by atoms with Gasteiger partial charge in [0.25, 0.3) is 0 Å². The van der Waals surface area contributed by atoms with Gasteiger partial charge in [-0.05, 0) is 31.5 Å². The van der Waals surface area contributed by atoms with Crippen LogP contribution in [0.5, 0.6) is 0 Å². The average molecular weight is 344 g/mol. The van der Waals surface area contributed by atoms with E-state index >= 15 is 0 Å². The molecule has 1 atom stereocenters. The number of aromatic nitrogens is 2. The van der Waals surface area contributed by atoms with E-state index in [0.717, 1.165) is 12.1 Å². The maximum absolute atomic E-state index is 13.6. The number of aliphatic hydroxyl groups is 1. The first-order chi connectivity index (χ1) is 11.2. The van der Waals surface area contributed by atoms with E-state index in [0.29, 0.717) is 5.56 Å². The third-order valence-electron chi connectivity index (χ3n) is 3.11. The highest BCUT2D eigenvalue weighted by atomic mass is 19.4. The van der Waals surface area contributed by atoms with Crippen LogP contribution in [0.2, 0.25) is 0 Å². The Hall–Kier alpha value is -2.42. The molecule has 1 aromatic carbocycles. The molecule has 0 aliphatic heterocycles. The standard InChI is InChI=1S/C15H16F4N4O/c1-8-3-4-10(5-11(8)16)21-13-6-12(15(17,18)19)22-14(23-13)20-9(2)7-24/h3-6,9,24H,7H2,1-2H3,(H2,20,21,22,23)/t9-/m1/s1. The fourth-order valence-corrected chi connectivity index (χ4v) is 1.81. The topological polar surface area (TPSA) is 70.1 Å². The number of benzene rings is 1. The zero-order valence-corrected chi connectivity index (χ0v) is 12.9. The molecule has 0 aliphatic rings. The highest BCUT2D eigenvalue weighted by molar-refractivity contribution is 5.58. The third-order valence-corrected chi connectivity index (χ3v) is 3.11. The summed E-state index contributed by atoms with van der Waals surface area (Å²) >= 11 is 0. The lowest BCUT2D eigenvalue weighted by Gasteiger charge is -2.15. The first-order valence-corrected chi connectivity index (χ1v) is 7.06. The third kappa shape index (κ3) is 4.54. The molecule has 130 valence electrons. The highest BCUT2D eigenvalue weighted by Crippen LogP contribution is 2.30. The Morgan fingerprint density at radius 2 is 1.92 bits per heavy atom. The lowest BCUT2D eigenvalue weighted by molar-refractivity contribution is -0.141. The Kier molecular flexibility index (Phi) is 5.23. The summed E-state index contributed by atoms with van der Waals surface area (Å²) in [5.74, 6) is -0.924. The summed E-state index contributed by atoms with van der Waals surface area (Å²) in [5.41, 5.74) is -0.482. The van der Waals surface area contributed by atoms with Crippen molar-refractivity contribution in [3.63, 3.8) is 0 Å². The molecule has 1 heterocycles. The molecule has 24 heavy (non-hydrogen) atoms. The van der Waals surface area contributed by atoms with Crippen LogP contribution in [0.15, 0.2) is 24.3 Å². The molecule has 9 heteroatoms. The summed E-state index contributed by atoms with van der Waals surface area (Å²) in [6.07, 6.45) is -4.67. The number of halogens is 4. The van der Waals surface area contributed by atoms with Gasteiger partial charge in [0.1, 0.15) is 11.6 Å². The fourth-order valence-electron chi connectivity index (χ4n) is 1.81. The number of aliphatic hydroxyl groups excluding tert-OH is 1. The second-order valence-corrected chi connectivity index (χ2v) is 5.28. The molecule has 0 radical (unpaired) electrons. The zero-order valence-electron chi connectivity index (χ0n) is 12.9. The summed E-state index contributed by atoms with van der Waals surface area (Å²) in [6.45, 7) is 2.83.